The second-order valence-corrected chi connectivity index (χ2v) is 6.60. The average Bonchev–Trinajstić information content (AvgIpc) is 3.42. The molecule has 0 spiro atoms. The van der Waals surface area contributed by atoms with Gasteiger partial charge < -0.3 is 34.7 Å². The average molecular weight is 412 g/mol. The topological polar surface area (TPSA) is 115 Å². The van der Waals surface area contributed by atoms with Gasteiger partial charge in [0.15, 0.2) is 23.0 Å². The number of aliphatic hydroxyl groups is 1. The van der Waals surface area contributed by atoms with Gasteiger partial charge >= 0.3 is 0 Å². The second-order valence-electron chi connectivity index (χ2n) is 6.60. The number of rotatable bonds is 7. The molecule has 156 valence electrons. The molecule has 2 aliphatic heterocycles. The van der Waals surface area contributed by atoms with Gasteiger partial charge in [-0.2, -0.15) is 0 Å². The third-order valence-corrected chi connectivity index (χ3v) is 4.54. The van der Waals surface area contributed by atoms with Crippen molar-refractivity contribution in [3.05, 3.63) is 53.6 Å². The second kappa shape index (κ2) is 8.75. The van der Waals surface area contributed by atoms with E-state index >= 15 is 0 Å². The van der Waals surface area contributed by atoms with Gasteiger partial charge in [-0.3, -0.25) is 9.59 Å². The summed E-state index contributed by atoms with van der Waals surface area (Å²) in [6, 6.07) is 9.52. The van der Waals surface area contributed by atoms with Crippen LogP contribution in [0.3, 0.4) is 0 Å². The highest BCUT2D eigenvalue weighted by atomic mass is 16.7. The van der Waals surface area contributed by atoms with Gasteiger partial charge in [-0.05, 0) is 41.5 Å². The third-order valence-electron chi connectivity index (χ3n) is 4.54. The van der Waals surface area contributed by atoms with Gasteiger partial charge in [0.2, 0.25) is 25.4 Å². The fraction of sp³-hybridized carbons (Fsp3) is 0.238. The number of carbonyl (C=O) groups is 2. The van der Waals surface area contributed by atoms with E-state index in [2.05, 4.69) is 10.6 Å². The fourth-order valence-electron chi connectivity index (χ4n) is 2.97. The van der Waals surface area contributed by atoms with Crippen LogP contribution >= 0.6 is 0 Å². The summed E-state index contributed by atoms with van der Waals surface area (Å²) in [6.45, 7) is 0.0253. The Morgan fingerprint density at radius 2 is 1.63 bits per heavy atom. The monoisotopic (exact) mass is 412 g/mol. The van der Waals surface area contributed by atoms with E-state index in [9.17, 15) is 14.7 Å². The molecular formula is C21H20N2O7. The molecule has 0 bridgehead atoms. The van der Waals surface area contributed by atoms with E-state index in [1.54, 1.807) is 42.5 Å². The zero-order chi connectivity index (χ0) is 20.9. The van der Waals surface area contributed by atoms with Crippen molar-refractivity contribution in [2.75, 3.05) is 20.2 Å². The van der Waals surface area contributed by atoms with Crippen molar-refractivity contribution in [3.8, 4) is 23.0 Å². The minimum Gasteiger partial charge on any atom is -0.454 e. The van der Waals surface area contributed by atoms with Crippen molar-refractivity contribution in [1.29, 1.82) is 0 Å². The van der Waals surface area contributed by atoms with Crippen LogP contribution < -0.4 is 29.6 Å². The highest BCUT2D eigenvalue weighted by Gasteiger charge is 2.19. The van der Waals surface area contributed by atoms with Crippen LogP contribution in [0, 0.1) is 0 Å². The Morgan fingerprint density at radius 1 is 0.967 bits per heavy atom. The van der Waals surface area contributed by atoms with E-state index in [1.165, 1.54) is 6.08 Å². The molecule has 1 atom stereocenters. The third kappa shape index (κ3) is 4.47. The maximum absolute atomic E-state index is 12.3. The maximum Gasteiger partial charge on any atom is 0.245 e. The molecule has 4 rings (SSSR count). The summed E-state index contributed by atoms with van der Waals surface area (Å²) in [7, 11) is 0. The maximum atomic E-state index is 12.3. The van der Waals surface area contributed by atoms with Crippen molar-refractivity contribution in [3.63, 3.8) is 0 Å². The SMILES string of the molecule is O=C(C=Cc1ccc2c(c1)OCO2)N[C@@H](CO)C(=O)NCc1ccc2c(c1)OCO2. The Kier molecular flexibility index (Phi) is 5.71. The number of carbonyl (C=O) groups excluding carboxylic acids is 2. The Bertz CT molecular complexity index is 989. The number of benzene rings is 2. The van der Waals surface area contributed by atoms with Crippen molar-refractivity contribution in [2.45, 2.75) is 12.6 Å². The van der Waals surface area contributed by atoms with Gasteiger partial charge in [-0.15, -0.1) is 0 Å². The number of aliphatic hydroxyl groups excluding tert-OH is 1. The molecular weight excluding hydrogens is 392 g/mol. The van der Waals surface area contributed by atoms with E-state index in [0.29, 0.717) is 23.0 Å². The van der Waals surface area contributed by atoms with Crippen LogP contribution in [0.2, 0.25) is 0 Å². The van der Waals surface area contributed by atoms with Crippen LogP contribution in [-0.4, -0.2) is 43.2 Å². The van der Waals surface area contributed by atoms with Crippen LogP contribution in [0.15, 0.2) is 42.5 Å². The number of hydrogen-bond donors (Lipinski definition) is 3. The summed E-state index contributed by atoms with van der Waals surface area (Å²) in [4.78, 5) is 24.5. The minimum absolute atomic E-state index is 0.169. The standard InChI is InChI=1S/C21H20N2O7/c24-10-15(21(26)22-9-14-2-5-17-19(8-14)30-12-28-17)23-20(25)6-3-13-1-4-16-18(7-13)29-11-27-16/h1-8,15,24H,9-12H2,(H,22,26)(H,23,25)/t15-/m0/s1. The summed E-state index contributed by atoms with van der Waals surface area (Å²) < 4.78 is 21.1. The molecule has 0 aliphatic carbocycles. The fourth-order valence-corrected chi connectivity index (χ4v) is 2.97. The van der Waals surface area contributed by atoms with Gasteiger partial charge in [0, 0.05) is 12.6 Å². The van der Waals surface area contributed by atoms with Crippen LogP contribution in [0.5, 0.6) is 23.0 Å². The van der Waals surface area contributed by atoms with Crippen LogP contribution in [0.25, 0.3) is 6.08 Å². The zero-order valence-electron chi connectivity index (χ0n) is 15.9. The van der Waals surface area contributed by atoms with Crippen molar-refractivity contribution in [2.24, 2.45) is 0 Å². The molecule has 9 heteroatoms. The molecule has 2 aliphatic rings. The number of amides is 2. The van der Waals surface area contributed by atoms with E-state index in [1.807, 2.05) is 0 Å². The highest BCUT2D eigenvalue weighted by Crippen LogP contribution is 2.33. The van der Waals surface area contributed by atoms with E-state index in [0.717, 1.165) is 11.1 Å². The molecule has 0 fully saturated rings. The Labute approximate surface area is 172 Å². The molecule has 2 aromatic rings. The predicted octanol–water partition coefficient (Wildman–Crippen LogP) is 0.951. The van der Waals surface area contributed by atoms with E-state index in [-0.39, 0.29) is 20.1 Å². The summed E-state index contributed by atoms with van der Waals surface area (Å²) in [5, 5.41) is 14.7. The van der Waals surface area contributed by atoms with Crippen molar-refractivity contribution >= 4 is 17.9 Å². The normalized spacial score (nSPS) is 14.6. The van der Waals surface area contributed by atoms with Gasteiger partial charge in [0.05, 0.1) is 6.61 Å². The summed E-state index contributed by atoms with van der Waals surface area (Å²) in [5.41, 5.74) is 1.54. The number of ether oxygens (including phenoxy) is 4. The molecule has 9 nitrogen and oxygen atoms in total. The quantitative estimate of drug-likeness (QED) is 0.580. The first-order valence-electron chi connectivity index (χ1n) is 9.28. The predicted molar refractivity (Wildman–Crippen MR) is 105 cm³/mol. The molecule has 2 aromatic carbocycles. The first-order chi connectivity index (χ1) is 14.6. The van der Waals surface area contributed by atoms with Crippen molar-refractivity contribution in [1.82, 2.24) is 10.6 Å². The molecule has 3 N–H and O–H groups in total. The molecule has 0 aromatic heterocycles. The highest BCUT2D eigenvalue weighted by molar-refractivity contribution is 5.95. The Morgan fingerprint density at radius 3 is 2.37 bits per heavy atom. The summed E-state index contributed by atoms with van der Waals surface area (Å²) >= 11 is 0. The lowest BCUT2D eigenvalue weighted by Gasteiger charge is -2.15. The Hall–Kier alpha value is -3.72. The lowest BCUT2D eigenvalue weighted by Crippen LogP contribution is -2.48. The lowest BCUT2D eigenvalue weighted by molar-refractivity contribution is -0.128. The smallest absolute Gasteiger partial charge is 0.245 e. The lowest BCUT2D eigenvalue weighted by atomic mass is 10.2. The van der Waals surface area contributed by atoms with Gasteiger partial charge in [0.1, 0.15) is 6.04 Å². The number of fused-ring (bicyclic) bond motifs is 2. The number of nitrogens with one attached hydrogen (secondary N) is 2. The zero-order valence-corrected chi connectivity index (χ0v) is 15.9. The first-order valence-corrected chi connectivity index (χ1v) is 9.28. The number of hydrogen-bond acceptors (Lipinski definition) is 7. The molecule has 0 radical (unpaired) electrons. The first kappa shape index (κ1) is 19.6. The molecule has 0 saturated carbocycles. The molecule has 0 unspecified atom stereocenters. The van der Waals surface area contributed by atoms with Crippen LogP contribution in [0.1, 0.15) is 11.1 Å². The summed E-state index contributed by atoms with van der Waals surface area (Å²) in [5.74, 6) is 1.51. The van der Waals surface area contributed by atoms with Crippen molar-refractivity contribution < 1.29 is 33.6 Å². The molecule has 2 amide bonds. The summed E-state index contributed by atoms with van der Waals surface area (Å²) in [6.07, 6.45) is 2.86. The van der Waals surface area contributed by atoms with Crippen LogP contribution in [0.4, 0.5) is 0 Å². The van der Waals surface area contributed by atoms with Crippen LogP contribution in [-0.2, 0) is 16.1 Å². The van der Waals surface area contributed by atoms with E-state index in [4.69, 9.17) is 18.9 Å². The van der Waals surface area contributed by atoms with Gasteiger partial charge in [-0.25, -0.2) is 0 Å². The van der Waals surface area contributed by atoms with Gasteiger partial charge in [0.25, 0.3) is 0 Å². The Balaban J connectivity index is 1.29. The minimum atomic E-state index is -1.08. The molecule has 0 saturated heterocycles. The largest absolute Gasteiger partial charge is 0.454 e. The van der Waals surface area contributed by atoms with E-state index < -0.39 is 24.5 Å². The molecule has 30 heavy (non-hydrogen) atoms. The van der Waals surface area contributed by atoms with Gasteiger partial charge in [-0.1, -0.05) is 12.1 Å². The molecule has 2 heterocycles.